The fourth-order valence-electron chi connectivity index (χ4n) is 2.02. The smallest absolute Gasteiger partial charge is 0.209 e. The van der Waals surface area contributed by atoms with Gasteiger partial charge in [0.25, 0.3) is 0 Å². The lowest BCUT2D eigenvalue weighted by Crippen LogP contribution is -2.38. The van der Waals surface area contributed by atoms with Crippen molar-refractivity contribution in [2.24, 2.45) is 0 Å². The fraction of sp³-hybridized carbons (Fsp3) is 0.933. The number of rotatable bonds is 11. The standard InChI is InChI=1S/C15H31N5S/c1-5-6-7-8-9-10-13-21-14-17-18-19-20(14)12-11-16-15(2,3)4/h16H,5-13H2,1-4H3. The molecule has 1 N–H and O–H groups in total. The number of aromatic nitrogens is 4. The number of hydrogen-bond acceptors (Lipinski definition) is 5. The van der Waals surface area contributed by atoms with E-state index in [1.54, 1.807) is 11.8 Å². The van der Waals surface area contributed by atoms with E-state index in [4.69, 9.17) is 0 Å². The molecule has 5 nitrogen and oxygen atoms in total. The first-order chi connectivity index (χ1) is 10.0. The van der Waals surface area contributed by atoms with Crippen molar-refractivity contribution in [1.82, 2.24) is 25.5 Å². The Balaban J connectivity index is 2.16. The number of hydrogen-bond donors (Lipinski definition) is 1. The van der Waals surface area contributed by atoms with Crippen LogP contribution >= 0.6 is 11.8 Å². The minimum absolute atomic E-state index is 0.139. The Morgan fingerprint density at radius 2 is 1.81 bits per heavy atom. The lowest BCUT2D eigenvalue weighted by atomic mass is 10.1. The van der Waals surface area contributed by atoms with Gasteiger partial charge in [-0.15, -0.1) is 5.10 Å². The summed E-state index contributed by atoms with van der Waals surface area (Å²) in [6.45, 7) is 10.5. The molecule has 0 aliphatic rings. The van der Waals surface area contributed by atoms with Gasteiger partial charge in [-0.05, 0) is 37.6 Å². The van der Waals surface area contributed by atoms with Crippen LogP contribution in [-0.4, -0.2) is 38.0 Å². The first kappa shape index (κ1) is 18.4. The zero-order valence-corrected chi connectivity index (χ0v) is 14.9. The molecule has 0 unspecified atom stereocenters. The van der Waals surface area contributed by atoms with Crippen molar-refractivity contribution in [3.63, 3.8) is 0 Å². The Morgan fingerprint density at radius 1 is 1.10 bits per heavy atom. The van der Waals surface area contributed by atoms with Crippen LogP contribution in [0.15, 0.2) is 5.16 Å². The van der Waals surface area contributed by atoms with E-state index in [0.717, 1.165) is 24.0 Å². The van der Waals surface area contributed by atoms with Crippen molar-refractivity contribution in [2.75, 3.05) is 12.3 Å². The molecule has 0 aliphatic carbocycles. The highest BCUT2D eigenvalue weighted by atomic mass is 32.2. The highest BCUT2D eigenvalue weighted by molar-refractivity contribution is 7.99. The van der Waals surface area contributed by atoms with E-state index >= 15 is 0 Å². The summed E-state index contributed by atoms with van der Waals surface area (Å²) >= 11 is 1.77. The molecule has 0 bridgehead atoms. The van der Waals surface area contributed by atoms with E-state index in [2.05, 4.69) is 48.5 Å². The largest absolute Gasteiger partial charge is 0.310 e. The number of unbranched alkanes of at least 4 members (excludes halogenated alkanes) is 5. The van der Waals surface area contributed by atoms with Crippen LogP contribution in [0.25, 0.3) is 0 Å². The Labute approximate surface area is 133 Å². The fourth-order valence-corrected chi connectivity index (χ4v) is 2.92. The molecule has 0 atom stereocenters. The maximum atomic E-state index is 4.12. The van der Waals surface area contributed by atoms with Crippen molar-refractivity contribution < 1.29 is 0 Å². The Bertz CT molecular complexity index is 372. The summed E-state index contributed by atoms with van der Waals surface area (Å²) < 4.78 is 1.90. The van der Waals surface area contributed by atoms with Crippen molar-refractivity contribution in [3.05, 3.63) is 0 Å². The molecular formula is C15H31N5S. The van der Waals surface area contributed by atoms with Crippen molar-refractivity contribution in [3.8, 4) is 0 Å². The third-order valence-corrected chi connectivity index (χ3v) is 4.25. The number of thioether (sulfide) groups is 1. The summed E-state index contributed by atoms with van der Waals surface area (Å²) in [7, 11) is 0. The van der Waals surface area contributed by atoms with E-state index in [9.17, 15) is 0 Å². The molecule has 0 spiro atoms. The molecule has 0 radical (unpaired) electrons. The maximum absolute atomic E-state index is 4.12. The van der Waals surface area contributed by atoms with Gasteiger partial charge in [-0.3, -0.25) is 0 Å². The van der Waals surface area contributed by atoms with Crippen LogP contribution in [-0.2, 0) is 6.54 Å². The van der Waals surface area contributed by atoms with Crippen LogP contribution in [0.1, 0.15) is 66.2 Å². The van der Waals surface area contributed by atoms with Crippen LogP contribution in [0.3, 0.4) is 0 Å². The summed E-state index contributed by atoms with van der Waals surface area (Å²) in [5.41, 5.74) is 0.139. The molecule has 122 valence electrons. The number of nitrogens with one attached hydrogen (secondary N) is 1. The first-order valence-corrected chi connectivity index (χ1v) is 9.15. The molecule has 0 saturated carbocycles. The molecule has 1 rings (SSSR count). The number of nitrogens with zero attached hydrogens (tertiary/aromatic N) is 4. The van der Waals surface area contributed by atoms with Crippen molar-refractivity contribution in [1.29, 1.82) is 0 Å². The van der Waals surface area contributed by atoms with Gasteiger partial charge >= 0.3 is 0 Å². The zero-order chi connectivity index (χ0) is 15.6. The van der Waals surface area contributed by atoms with Crippen LogP contribution < -0.4 is 5.32 Å². The number of tetrazole rings is 1. The summed E-state index contributed by atoms with van der Waals surface area (Å²) in [4.78, 5) is 0. The van der Waals surface area contributed by atoms with E-state index < -0.39 is 0 Å². The van der Waals surface area contributed by atoms with Gasteiger partial charge in [0.1, 0.15) is 0 Å². The Hall–Kier alpha value is -0.620. The maximum Gasteiger partial charge on any atom is 0.209 e. The highest BCUT2D eigenvalue weighted by Gasteiger charge is 2.10. The van der Waals surface area contributed by atoms with Gasteiger partial charge in [-0.25, -0.2) is 4.68 Å². The molecule has 0 fully saturated rings. The zero-order valence-electron chi connectivity index (χ0n) is 14.1. The second-order valence-corrected chi connectivity index (χ2v) is 7.54. The second-order valence-electron chi connectivity index (χ2n) is 6.48. The minimum atomic E-state index is 0.139. The average molecular weight is 314 g/mol. The molecule has 21 heavy (non-hydrogen) atoms. The molecule has 0 amide bonds. The van der Waals surface area contributed by atoms with Crippen molar-refractivity contribution >= 4 is 11.8 Å². The SMILES string of the molecule is CCCCCCCCSc1nnnn1CCNC(C)(C)C. The molecule has 0 aliphatic heterocycles. The van der Waals surface area contributed by atoms with Crippen LogP contribution in [0.4, 0.5) is 0 Å². The third kappa shape index (κ3) is 9.09. The van der Waals surface area contributed by atoms with Crippen molar-refractivity contribution in [2.45, 2.75) is 83.5 Å². The average Bonchev–Trinajstić information content (AvgIpc) is 2.84. The van der Waals surface area contributed by atoms with Gasteiger partial charge in [-0.1, -0.05) is 50.8 Å². The molecule has 0 aromatic carbocycles. The van der Waals surface area contributed by atoms with E-state index in [-0.39, 0.29) is 5.54 Å². The summed E-state index contributed by atoms with van der Waals surface area (Å²) in [5, 5.41) is 16.4. The summed E-state index contributed by atoms with van der Waals surface area (Å²) in [6.07, 6.45) is 7.98. The van der Waals surface area contributed by atoms with Crippen LogP contribution in [0, 0.1) is 0 Å². The quantitative estimate of drug-likeness (QED) is 0.500. The first-order valence-electron chi connectivity index (χ1n) is 8.17. The van der Waals surface area contributed by atoms with Gasteiger partial charge in [0.05, 0.1) is 6.54 Å². The predicted octanol–water partition coefficient (Wildman–Crippen LogP) is 3.51. The second kappa shape index (κ2) is 10.2. The Kier molecular flexibility index (Phi) is 8.92. The monoisotopic (exact) mass is 313 g/mol. The molecule has 1 heterocycles. The van der Waals surface area contributed by atoms with E-state index in [1.165, 1.54) is 38.5 Å². The summed E-state index contributed by atoms with van der Waals surface area (Å²) in [5.74, 6) is 1.11. The minimum Gasteiger partial charge on any atom is -0.310 e. The van der Waals surface area contributed by atoms with Gasteiger partial charge < -0.3 is 5.32 Å². The normalized spacial score (nSPS) is 12.0. The molecule has 1 aromatic rings. The molecule has 0 saturated heterocycles. The van der Waals surface area contributed by atoms with Crippen LogP contribution in [0.5, 0.6) is 0 Å². The van der Waals surface area contributed by atoms with Gasteiger partial charge in [-0.2, -0.15) is 0 Å². The lowest BCUT2D eigenvalue weighted by molar-refractivity contribution is 0.396. The van der Waals surface area contributed by atoms with Gasteiger partial charge in [0, 0.05) is 17.8 Å². The summed E-state index contributed by atoms with van der Waals surface area (Å²) in [6, 6.07) is 0. The highest BCUT2D eigenvalue weighted by Crippen LogP contribution is 2.16. The molecule has 1 aromatic heterocycles. The van der Waals surface area contributed by atoms with Crippen LogP contribution in [0.2, 0.25) is 0 Å². The van der Waals surface area contributed by atoms with Gasteiger partial charge in [0.15, 0.2) is 0 Å². The topological polar surface area (TPSA) is 55.6 Å². The van der Waals surface area contributed by atoms with E-state index in [1.807, 2.05) is 4.68 Å². The van der Waals surface area contributed by atoms with E-state index in [0.29, 0.717) is 0 Å². The lowest BCUT2D eigenvalue weighted by Gasteiger charge is -2.20. The predicted molar refractivity (Wildman–Crippen MR) is 89.7 cm³/mol. The molecule has 6 heteroatoms. The van der Waals surface area contributed by atoms with Gasteiger partial charge in [0.2, 0.25) is 5.16 Å². The third-order valence-electron chi connectivity index (χ3n) is 3.21. The Morgan fingerprint density at radius 3 is 2.52 bits per heavy atom. The molecular weight excluding hydrogens is 282 g/mol.